The zero-order chi connectivity index (χ0) is 13.7. The molecule has 19 heavy (non-hydrogen) atoms. The van der Waals surface area contributed by atoms with Crippen LogP contribution in [-0.4, -0.2) is 55.2 Å². The van der Waals surface area contributed by atoms with Gasteiger partial charge in [-0.05, 0) is 32.2 Å². The molecule has 0 aromatic heterocycles. The molecule has 2 aliphatic heterocycles. The number of piperidine rings is 1. The van der Waals surface area contributed by atoms with E-state index in [9.17, 15) is 8.42 Å². The molecule has 0 amide bonds. The first-order valence-electron chi connectivity index (χ1n) is 7.44. The summed E-state index contributed by atoms with van der Waals surface area (Å²) in [4.78, 5) is 0. The van der Waals surface area contributed by atoms with Crippen LogP contribution in [0.25, 0.3) is 0 Å². The first kappa shape index (κ1) is 15.6. The van der Waals surface area contributed by atoms with Crippen molar-refractivity contribution in [2.75, 3.05) is 31.1 Å². The van der Waals surface area contributed by atoms with Gasteiger partial charge in [-0.15, -0.1) is 0 Å². The molecule has 2 rings (SSSR count). The minimum atomic E-state index is -3.05. The van der Waals surface area contributed by atoms with E-state index in [0.29, 0.717) is 30.1 Å². The van der Waals surface area contributed by atoms with Crippen molar-refractivity contribution in [3.8, 4) is 0 Å². The molecule has 0 saturated carbocycles. The molecule has 0 radical (unpaired) electrons. The molecule has 4 nitrogen and oxygen atoms in total. The van der Waals surface area contributed by atoms with Crippen LogP contribution in [0, 0.1) is 0 Å². The van der Waals surface area contributed by atoms with Gasteiger partial charge in [0.1, 0.15) is 0 Å². The van der Waals surface area contributed by atoms with Crippen LogP contribution in [0.2, 0.25) is 0 Å². The van der Waals surface area contributed by atoms with Crippen molar-refractivity contribution in [2.24, 2.45) is 0 Å². The lowest BCUT2D eigenvalue weighted by molar-refractivity contribution is 0.382. The Balaban J connectivity index is 1.83. The van der Waals surface area contributed by atoms with Gasteiger partial charge in [-0.2, -0.15) is 16.1 Å². The van der Waals surface area contributed by atoms with Crippen molar-refractivity contribution in [2.45, 2.75) is 50.3 Å². The van der Waals surface area contributed by atoms with Gasteiger partial charge < -0.3 is 5.32 Å². The Morgan fingerprint density at radius 1 is 1.37 bits per heavy atom. The predicted octanol–water partition coefficient (Wildman–Crippen LogP) is 1.68. The Labute approximate surface area is 121 Å². The fourth-order valence-corrected chi connectivity index (χ4v) is 5.79. The normalized spacial score (nSPS) is 30.4. The number of hydrogen-bond acceptors (Lipinski definition) is 4. The van der Waals surface area contributed by atoms with Crippen LogP contribution < -0.4 is 5.32 Å². The fraction of sp³-hybridized carbons (Fsp3) is 1.00. The molecule has 0 spiro atoms. The van der Waals surface area contributed by atoms with Gasteiger partial charge in [0.15, 0.2) is 0 Å². The van der Waals surface area contributed by atoms with E-state index in [2.05, 4.69) is 12.2 Å². The summed E-state index contributed by atoms with van der Waals surface area (Å²) >= 11 is 1.91. The molecule has 0 aromatic carbocycles. The van der Waals surface area contributed by atoms with E-state index >= 15 is 0 Å². The Morgan fingerprint density at radius 2 is 2.21 bits per heavy atom. The summed E-state index contributed by atoms with van der Waals surface area (Å²) in [6.45, 7) is 4.59. The molecule has 0 bridgehead atoms. The maximum atomic E-state index is 12.4. The van der Waals surface area contributed by atoms with Gasteiger partial charge in [-0.1, -0.05) is 13.3 Å². The summed E-state index contributed by atoms with van der Waals surface area (Å²) in [5.74, 6) is 1.26. The van der Waals surface area contributed by atoms with E-state index in [0.717, 1.165) is 31.6 Å². The lowest BCUT2D eigenvalue weighted by Crippen LogP contribution is -2.44. The molecule has 1 N–H and O–H groups in total. The summed E-state index contributed by atoms with van der Waals surface area (Å²) in [5, 5.41) is 3.91. The Kier molecular flexibility index (Phi) is 5.99. The van der Waals surface area contributed by atoms with Crippen molar-refractivity contribution in [1.29, 1.82) is 0 Å². The van der Waals surface area contributed by atoms with E-state index in [1.807, 2.05) is 11.8 Å². The second kappa shape index (κ2) is 7.29. The third-order valence-corrected chi connectivity index (χ3v) is 7.33. The zero-order valence-corrected chi connectivity index (χ0v) is 13.4. The Morgan fingerprint density at radius 3 is 2.89 bits per heavy atom. The zero-order valence-electron chi connectivity index (χ0n) is 11.8. The summed E-state index contributed by atoms with van der Waals surface area (Å²) in [7, 11) is -3.05. The lowest BCUT2D eigenvalue weighted by atomic mass is 10.0. The summed E-state index contributed by atoms with van der Waals surface area (Å²) in [6.07, 6.45) is 5.41. The highest BCUT2D eigenvalue weighted by molar-refractivity contribution is 8.00. The Bertz CT molecular complexity index is 367. The van der Waals surface area contributed by atoms with Crippen molar-refractivity contribution in [1.82, 2.24) is 9.62 Å². The smallest absolute Gasteiger partial charge is 0.214 e. The number of rotatable bonds is 5. The number of sulfonamides is 1. The molecular formula is C13H26N2O2S2. The van der Waals surface area contributed by atoms with E-state index in [1.54, 1.807) is 4.31 Å². The average Bonchev–Trinajstić information content (AvgIpc) is 2.46. The SMILES string of the molecule is CCC1CN(S(=O)(=O)CCC2CCCCN2)CCS1. The first-order chi connectivity index (χ1) is 9.12. The minimum absolute atomic E-state index is 0.311. The van der Waals surface area contributed by atoms with Crippen LogP contribution >= 0.6 is 11.8 Å². The third-order valence-electron chi connectivity index (χ3n) is 4.09. The standard InChI is InChI=1S/C13H26N2O2S2/c1-2-13-11-15(8-9-18-13)19(16,17)10-6-12-5-3-4-7-14-12/h12-14H,2-11H2,1H3. The van der Waals surface area contributed by atoms with Gasteiger partial charge in [0.25, 0.3) is 0 Å². The second-order valence-corrected chi connectivity index (χ2v) is 9.01. The van der Waals surface area contributed by atoms with Crippen molar-refractivity contribution in [3.05, 3.63) is 0 Å². The number of nitrogens with zero attached hydrogens (tertiary/aromatic N) is 1. The monoisotopic (exact) mass is 306 g/mol. The molecule has 112 valence electrons. The molecule has 2 aliphatic rings. The summed E-state index contributed by atoms with van der Waals surface area (Å²) in [5.41, 5.74) is 0. The highest BCUT2D eigenvalue weighted by Gasteiger charge is 2.29. The van der Waals surface area contributed by atoms with E-state index in [-0.39, 0.29) is 0 Å². The largest absolute Gasteiger partial charge is 0.314 e. The quantitative estimate of drug-likeness (QED) is 0.839. The molecule has 2 fully saturated rings. The third kappa shape index (κ3) is 4.62. The maximum absolute atomic E-state index is 12.4. The molecular weight excluding hydrogens is 280 g/mol. The minimum Gasteiger partial charge on any atom is -0.314 e. The lowest BCUT2D eigenvalue weighted by Gasteiger charge is -2.32. The highest BCUT2D eigenvalue weighted by Crippen LogP contribution is 2.23. The molecule has 6 heteroatoms. The Hall–Kier alpha value is 0.220. The topological polar surface area (TPSA) is 49.4 Å². The molecule has 2 heterocycles. The molecule has 2 saturated heterocycles. The van der Waals surface area contributed by atoms with Crippen LogP contribution in [-0.2, 0) is 10.0 Å². The summed E-state index contributed by atoms with van der Waals surface area (Å²) < 4.78 is 26.5. The van der Waals surface area contributed by atoms with Crippen LogP contribution in [0.15, 0.2) is 0 Å². The number of nitrogens with one attached hydrogen (secondary N) is 1. The van der Waals surface area contributed by atoms with E-state index < -0.39 is 10.0 Å². The van der Waals surface area contributed by atoms with Crippen LogP contribution in [0.4, 0.5) is 0 Å². The second-order valence-electron chi connectivity index (χ2n) is 5.51. The van der Waals surface area contributed by atoms with Gasteiger partial charge >= 0.3 is 0 Å². The van der Waals surface area contributed by atoms with Crippen molar-refractivity contribution in [3.63, 3.8) is 0 Å². The maximum Gasteiger partial charge on any atom is 0.214 e. The van der Waals surface area contributed by atoms with Crippen molar-refractivity contribution < 1.29 is 8.42 Å². The van der Waals surface area contributed by atoms with Gasteiger partial charge in [-0.25, -0.2) is 8.42 Å². The van der Waals surface area contributed by atoms with E-state index in [1.165, 1.54) is 12.8 Å². The van der Waals surface area contributed by atoms with Gasteiger partial charge in [0, 0.05) is 30.1 Å². The van der Waals surface area contributed by atoms with Crippen LogP contribution in [0.3, 0.4) is 0 Å². The molecule has 0 aromatic rings. The van der Waals surface area contributed by atoms with Crippen LogP contribution in [0.1, 0.15) is 39.0 Å². The van der Waals surface area contributed by atoms with E-state index in [4.69, 9.17) is 0 Å². The van der Waals surface area contributed by atoms with Gasteiger partial charge in [0.2, 0.25) is 10.0 Å². The van der Waals surface area contributed by atoms with Gasteiger partial charge in [0.05, 0.1) is 5.75 Å². The molecule has 0 aliphatic carbocycles. The highest BCUT2D eigenvalue weighted by atomic mass is 32.2. The molecule has 2 unspecified atom stereocenters. The first-order valence-corrected chi connectivity index (χ1v) is 10.1. The molecule has 2 atom stereocenters. The summed E-state index contributed by atoms with van der Waals surface area (Å²) in [6, 6.07) is 0.407. The average molecular weight is 306 g/mol. The number of hydrogen-bond donors (Lipinski definition) is 1. The van der Waals surface area contributed by atoms with Crippen LogP contribution in [0.5, 0.6) is 0 Å². The van der Waals surface area contributed by atoms with Crippen molar-refractivity contribution >= 4 is 21.8 Å². The number of thioether (sulfide) groups is 1. The predicted molar refractivity (Wildman–Crippen MR) is 82.2 cm³/mol. The fourth-order valence-electron chi connectivity index (χ4n) is 2.78. The van der Waals surface area contributed by atoms with Gasteiger partial charge in [-0.3, -0.25) is 0 Å².